The molecule has 0 aromatic rings. The molecule has 53 valence electrons. The predicted octanol–water partition coefficient (Wildman–Crippen LogP) is 0.682. The fraction of sp³-hybridized carbons (Fsp3) is 0.833. The van der Waals surface area contributed by atoms with Crippen molar-refractivity contribution in [3.05, 3.63) is 0 Å². The summed E-state index contributed by atoms with van der Waals surface area (Å²) in [5, 5.41) is 3.68. The normalized spacial score (nSPS) is 8.78. The third kappa shape index (κ3) is 2.95. The highest BCUT2D eigenvalue weighted by molar-refractivity contribution is 5.73. The van der Waals surface area contributed by atoms with E-state index in [0.29, 0.717) is 6.54 Å². The SMILES string of the molecule is CC[N]C(=O)N(C)CC. The van der Waals surface area contributed by atoms with Gasteiger partial charge in [0.2, 0.25) is 0 Å². The Balaban J connectivity index is 3.46. The highest BCUT2D eigenvalue weighted by atomic mass is 16.2. The van der Waals surface area contributed by atoms with Gasteiger partial charge in [-0.15, -0.1) is 0 Å². The van der Waals surface area contributed by atoms with E-state index in [4.69, 9.17) is 0 Å². The molecule has 2 amide bonds. The standard InChI is InChI=1S/C6H13N2O/c1-4-7-6(9)8(3)5-2/h4-5H2,1-3H3. The van der Waals surface area contributed by atoms with Crippen molar-refractivity contribution in [1.82, 2.24) is 10.2 Å². The molecule has 1 radical (unpaired) electrons. The molecule has 0 saturated carbocycles. The van der Waals surface area contributed by atoms with Gasteiger partial charge in [-0.05, 0) is 13.8 Å². The van der Waals surface area contributed by atoms with E-state index < -0.39 is 0 Å². The zero-order valence-electron chi connectivity index (χ0n) is 6.22. The molecule has 0 aliphatic heterocycles. The Labute approximate surface area is 56.0 Å². The predicted molar refractivity (Wildman–Crippen MR) is 36.4 cm³/mol. The summed E-state index contributed by atoms with van der Waals surface area (Å²) in [5.41, 5.74) is 0. The first-order valence-corrected chi connectivity index (χ1v) is 3.15. The molecule has 0 bridgehead atoms. The van der Waals surface area contributed by atoms with Gasteiger partial charge >= 0.3 is 6.03 Å². The molecule has 0 aromatic heterocycles. The second kappa shape index (κ2) is 4.18. The van der Waals surface area contributed by atoms with Gasteiger partial charge < -0.3 is 4.90 Å². The molecule has 0 fully saturated rings. The zero-order chi connectivity index (χ0) is 7.28. The van der Waals surface area contributed by atoms with E-state index in [1.165, 1.54) is 0 Å². The number of rotatable bonds is 2. The molecular weight excluding hydrogens is 116 g/mol. The fourth-order valence-corrected chi connectivity index (χ4v) is 0.391. The second-order valence-corrected chi connectivity index (χ2v) is 1.77. The molecule has 3 nitrogen and oxygen atoms in total. The summed E-state index contributed by atoms with van der Waals surface area (Å²) in [5.74, 6) is 0. The molecule has 0 atom stereocenters. The summed E-state index contributed by atoms with van der Waals surface area (Å²) in [6.45, 7) is 5.07. The second-order valence-electron chi connectivity index (χ2n) is 1.77. The van der Waals surface area contributed by atoms with Gasteiger partial charge in [-0.2, -0.15) is 0 Å². The van der Waals surface area contributed by atoms with Crippen LogP contribution in [-0.2, 0) is 0 Å². The number of carbonyl (C=O) groups is 1. The number of urea groups is 1. The van der Waals surface area contributed by atoms with Gasteiger partial charge in [0.25, 0.3) is 0 Å². The number of amides is 2. The van der Waals surface area contributed by atoms with Gasteiger partial charge in [-0.25, -0.2) is 10.1 Å². The van der Waals surface area contributed by atoms with Gasteiger partial charge in [-0.3, -0.25) is 0 Å². The van der Waals surface area contributed by atoms with E-state index in [1.807, 2.05) is 13.8 Å². The number of nitrogens with zero attached hydrogens (tertiary/aromatic N) is 2. The van der Waals surface area contributed by atoms with Crippen LogP contribution < -0.4 is 5.32 Å². The van der Waals surface area contributed by atoms with Crippen LogP contribution in [0.3, 0.4) is 0 Å². The van der Waals surface area contributed by atoms with Gasteiger partial charge in [0.1, 0.15) is 0 Å². The Hall–Kier alpha value is -0.730. The molecule has 0 aliphatic carbocycles. The highest BCUT2D eigenvalue weighted by Gasteiger charge is 2.03. The van der Waals surface area contributed by atoms with Crippen molar-refractivity contribution in [2.24, 2.45) is 0 Å². The van der Waals surface area contributed by atoms with Gasteiger partial charge in [0.15, 0.2) is 0 Å². The molecule has 0 rings (SSSR count). The first-order chi connectivity index (χ1) is 4.22. The van der Waals surface area contributed by atoms with Crippen molar-refractivity contribution >= 4 is 6.03 Å². The molecule has 0 unspecified atom stereocenters. The van der Waals surface area contributed by atoms with Crippen LogP contribution in [-0.4, -0.2) is 31.1 Å². The fourth-order valence-electron chi connectivity index (χ4n) is 0.391. The molecule has 3 heteroatoms. The van der Waals surface area contributed by atoms with Gasteiger partial charge in [0, 0.05) is 20.1 Å². The maximum absolute atomic E-state index is 10.7. The molecule has 0 N–H and O–H groups in total. The van der Waals surface area contributed by atoms with E-state index in [1.54, 1.807) is 11.9 Å². The lowest BCUT2D eigenvalue weighted by molar-refractivity contribution is 0.211. The summed E-state index contributed by atoms with van der Waals surface area (Å²) in [7, 11) is 1.74. The van der Waals surface area contributed by atoms with Crippen LogP contribution in [0.5, 0.6) is 0 Å². The lowest BCUT2D eigenvalue weighted by Crippen LogP contribution is -2.32. The Morgan fingerprint density at radius 2 is 2.11 bits per heavy atom. The first kappa shape index (κ1) is 8.27. The Bertz CT molecular complexity index is 93.1. The Morgan fingerprint density at radius 3 is 2.44 bits per heavy atom. The summed E-state index contributed by atoms with van der Waals surface area (Å²) >= 11 is 0. The van der Waals surface area contributed by atoms with Crippen LogP contribution in [0.2, 0.25) is 0 Å². The molecule has 0 saturated heterocycles. The van der Waals surface area contributed by atoms with Crippen molar-refractivity contribution in [3.8, 4) is 0 Å². The van der Waals surface area contributed by atoms with Crippen LogP contribution in [0.25, 0.3) is 0 Å². The third-order valence-corrected chi connectivity index (χ3v) is 1.09. The highest BCUT2D eigenvalue weighted by Crippen LogP contribution is 1.82. The van der Waals surface area contributed by atoms with E-state index in [9.17, 15) is 4.79 Å². The molecular formula is C6H13N2O. The van der Waals surface area contributed by atoms with Crippen LogP contribution in [0, 0.1) is 0 Å². The van der Waals surface area contributed by atoms with E-state index in [2.05, 4.69) is 5.32 Å². The van der Waals surface area contributed by atoms with Crippen molar-refractivity contribution in [1.29, 1.82) is 0 Å². The van der Waals surface area contributed by atoms with Crippen molar-refractivity contribution in [2.45, 2.75) is 13.8 Å². The minimum Gasteiger partial charge on any atom is -0.327 e. The average molecular weight is 129 g/mol. The minimum absolute atomic E-state index is 0.125. The van der Waals surface area contributed by atoms with E-state index in [0.717, 1.165) is 6.54 Å². The first-order valence-electron chi connectivity index (χ1n) is 3.15. The van der Waals surface area contributed by atoms with Crippen molar-refractivity contribution < 1.29 is 4.79 Å². The Morgan fingerprint density at radius 1 is 1.56 bits per heavy atom. The van der Waals surface area contributed by atoms with Crippen LogP contribution in [0.1, 0.15) is 13.8 Å². The lowest BCUT2D eigenvalue weighted by Gasteiger charge is -2.11. The maximum atomic E-state index is 10.7. The summed E-state index contributed by atoms with van der Waals surface area (Å²) in [6, 6.07) is -0.125. The van der Waals surface area contributed by atoms with Gasteiger partial charge in [-0.1, -0.05) is 0 Å². The third-order valence-electron chi connectivity index (χ3n) is 1.09. The Kier molecular flexibility index (Phi) is 3.84. The van der Waals surface area contributed by atoms with Gasteiger partial charge in [0.05, 0.1) is 0 Å². The number of carbonyl (C=O) groups excluding carboxylic acids is 1. The largest absolute Gasteiger partial charge is 0.338 e. The molecule has 9 heavy (non-hydrogen) atoms. The zero-order valence-corrected chi connectivity index (χ0v) is 6.22. The molecule has 0 aromatic carbocycles. The topological polar surface area (TPSA) is 34.4 Å². The van der Waals surface area contributed by atoms with E-state index in [-0.39, 0.29) is 6.03 Å². The summed E-state index contributed by atoms with van der Waals surface area (Å²) in [6.07, 6.45) is 0. The molecule has 0 spiro atoms. The van der Waals surface area contributed by atoms with Crippen LogP contribution >= 0.6 is 0 Å². The quantitative estimate of drug-likeness (QED) is 0.540. The van der Waals surface area contributed by atoms with Crippen LogP contribution in [0.15, 0.2) is 0 Å². The number of hydrogen-bond donors (Lipinski definition) is 0. The van der Waals surface area contributed by atoms with E-state index >= 15 is 0 Å². The smallest absolute Gasteiger partial charge is 0.327 e. The summed E-state index contributed by atoms with van der Waals surface area (Å²) < 4.78 is 0. The average Bonchev–Trinajstić information content (AvgIpc) is 1.87. The molecule has 0 heterocycles. The lowest BCUT2D eigenvalue weighted by atomic mass is 10.6. The molecule has 0 aliphatic rings. The number of hydrogen-bond acceptors (Lipinski definition) is 1. The van der Waals surface area contributed by atoms with Crippen LogP contribution in [0.4, 0.5) is 4.79 Å². The van der Waals surface area contributed by atoms with Crippen molar-refractivity contribution in [3.63, 3.8) is 0 Å². The maximum Gasteiger partial charge on any atom is 0.338 e. The van der Waals surface area contributed by atoms with Crippen molar-refractivity contribution in [2.75, 3.05) is 20.1 Å². The monoisotopic (exact) mass is 129 g/mol. The summed E-state index contributed by atoms with van der Waals surface area (Å²) in [4.78, 5) is 12.3. The minimum atomic E-state index is -0.125.